The molecule has 0 saturated carbocycles. The van der Waals surface area contributed by atoms with Gasteiger partial charge in [0.25, 0.3) is 0 Å². The molecule has 6 aliphatic rings. The van der Waals surface area contributed by atoms with E-state index in [-0.39, 0.29) is 23.1 Å². The third-order valence-corrected chi connectivity index (χ3v) is 24.5. The van der Waals surface area contributed by atoms with Gasteiger partial charge in [0.05, 0.1) is 16.6 Å². The third kappa shape index (κ3) is 13.6. The van der Waals surface area contributed by atoms with E-state index in [0.717, 1.165) is 161 Å². The zero-order chi connectivity index (χ0) is 76.5. The van der Waals surface area contributed by atoms with Crippen LogP contribution in [0.15, 0.2) is 129 Å². The van der Waals surface area contributed by atoms with Gasteiger partial charge in [0.15, 0.2) is 23.1 Å². The molecule has 12 aromatic rings. The van der Waals surface area contributed by atoms with Gasteiger partial charge >= 0.3 is 0 Å². The summed E-state index contributed by atoms with van der Waals surface area (Å²) in [6.45, 7) is 37.0. The van der Waals surface area contributed by atoms with Crippen LogP contribution in [0.2, 0.25) is 0 Å². The van der Waals surface area contributed by atoms with Crippen molar-refractivity contribution in [2.75, 3.05) is 53.9 Å². The van der Waals surface area contributed by atoms with Crippen LogP contribution < -0.4 is 10.6 Å². The minimum atomic E-state index is -0.179. The summed E-state index contributed by atoms with van der Waals surface area (Å²) in [6, 6.07) is 36.5. The molecule has 8 aromatic carbocycles. The number of aryl methyl sites for hydroxylation is 8. The quantitative estimate of drug-likeness (QED) is 0.0453. The summed E-state index contributed by atoms with van der Waals surface area (Å²) in [5, 5.41) is 37.6. The summed E-state index contributed by atoms with van der Waals surface area (Å²) in [7, 11) is 6.31. The number of Topliss-reactive ketones (excluding diaryl/α,β-unsaturated/α-hetero) is 4. The fourth-order valence-electron chi connectivity index (χ4n) is 19.0. The maximum absolute atomic E-state index is 12.4. The number of benzene rings is 8. The van der Waals surface area contributed by atoms with Crippen LogP contribution >= 0.6 is 0 Å². The molecule has 5 aliphatic carbocycles. The first-order chi connectivity index (χ1) is 52.5. The first-order valence-electron chi connectivity index (χ1n) is 39.9. The predicted octanol–water partition coefficient (Wildman–Crippen LogP) is 19.6. The second-order valence-corrected chi connectivity index (χ2v) is 32.1. The Morgan fingerprint density at radius 3 is 1.42 bits per heavy atom. The van der Waals surface area contributed by atoms with Crippen LogP contribution in [-0.2, 0) is 58.3 Å². The summed E-state index contributed by atoms with van der Waals surface area (Å²) in [6.07, 6.45) is 15.2. The molecule has 4 N–H and O–H groups in total. The molecule has 1 saturated heterocycles. The van der Waals surface area contributed by atoms with Crippen LogP contribution in [0.3, 0.4) is 0 Å². The lowest BCUT2D eigenvalue weighted by Crippen LogP contribution is -2.26. The highest BCUT2D eigenvalue weighted by molar-refractivity contribution is 6.20. The molecule has 1 atom stereocenters. The zero-order valence-corrected chi connectivity index (χ0v) is 65.5. The van der Waals surface area contributed by atoms with E-state index >= 15 is 0 Å². The second kappa shape index (κ2) is 30.5. The lowest BCUT2D eigenvalue weighted by molar-refractivity contribution is 0.0986. The first-order valence-corrected chi connectivity index (χ1v) is 39.9. The molecule has 0 amide bonds. The van der Waals surface area contributed by atoms with E-state index in [2.05, 4.69) is 166 Å². The molecular weight excluding hydrogens is 1350 g/mol. The van der Waals surface area contributed by atoms with Crippen molar-refractivity contribution < 1.29 is 29.4 Å². The van der Waals surface area contributed by atoms with Gasteiger partial charge in [0.1, 0.15) is 11.5 Å². The van der Waals surface area contributed by atoms with E-state index < -0.39 is 0 Å². The number of carbonyl (C=O) groups is 4. The summed E-state index contributed by atoms with van der Waals surface area (Å²) in [5.41, 5.74) is 28.5. The summed E-state index contributed by atoms with van der Waals surface area (Å²) in [5.74, 6) is 0.719. The van der Waals surface area contributed by atoms with Crippen molar-refractivity contribution in [3.05, 3.63) is 202 Å². The molecule has 1 fully saturated rings. The topological polar surface area (TPSA) is 159 Å². The Morgan fingerprint density at radius 1 is 0.505 bits per heavy atom. The molecule has 1 aliphatic heterocycles. The van der Waals surface area contributed by atoms with Gasteiger partial charge in [-0.2, -0.15) is 0 Å². The average Bonchev–Trinajstić information content (AvgIpc) is 1.58. The number of nitrogens with one attached hydrogen (secondary N) is 2. The summed E-state index contributed by atoms with van der Waals surface area (Å²) < 4.78 is 9.51. The van der Waals surface area contributed by atoms with E-state index in [0.29, 0.717) is 47.6 Å². The van der Waals surface area contributed by atoms with Crippen LogP contribution in [0.4, 0.5) is 0 Å². The number of rotatable bonds is 19. The average molecular weight is 1460 g/mol. The Balaban J connectivity index is 0.000000116. The monoisotopic (exact) mass is 1450 g/mol. The van der Waals surface area contributed by atoms with Gasteiger partial charge in [-0.15, -0.1) is 0 Å². The largest absolute Gasteiger partial charge is 0.507 e. The number of aromatic nitrogens is 4. The van der Waals surface area contributed by atoms with Crippen LogP contribution in [0.5, 0.6) is 11.5 Å². The Kier molecular flexibility index (Phi) is 20.8. The molecule has 1 unspecified atom stereocenters. The van der Waals surface area contributed by atoms with Crippen molar-refractivity contribution in [1.29, 1.82) is 0 Å². The van der Waals surface area contributed by atoms with Crippen LogP contribution in [0.1, 0.15) is 197 Å². The molecule has 562 valence electrons. The lowest BCUT2D eigenvalue weighted by Gasteiger charge is -2.20. The van der Waals surface area contributed by atoms with Gasteiger partial charge < -0.3 is 48.9 Å². The number of aromatic hydroxyl groups is 2. The predicted molar refractivity (Wildman–Crippen MR) is 453 cm³/mol. The smallest absolute Gasteiger partial charge is 0.163 e. The number of phenols is 2. The number of nitrogens with zero attached hydrogens (tertiary/aromatic N) is 6. The zero-order valence-electron chi connectivity index (χ0n) is 65.5. The molecular formula is C95H106N8O6. The molecule has 18 rings (SSSR count). The Hall–Kier alpha value is -9.96. The molecule has 0 bridgehead atoms. The van der Waals surface area contributed by atoms with Crippen molar-refractivity contribution >= 4 is 133 Å². The molecule has 14 nitrogen and oxygen atoms in total. The van der Waals surface area contributed by atoms with Gasteiger partial charge in [-0.1, -0.05) is 65.3 Å². The van der Waals surface area contributed by atoms with E-state index in [1.807, 2.05) is 33.2 Å². The number of hydrogen-bond acceptors (Lipinski definition) is 10. The van der Waals surface area contributed by atoms with E-state index in [1.54, 1.807) is 25.1 Å². The van der Waals surface area contributed by atoms with Crippen LogP contribution in [0, 0.1) is 0 Å². The second-order valence-electron chi connectivity index (χ2n) is 32.1. The molecule has 0 radical (unpaired) electrons. The van der Waals surface area contributed by atoms with E-state index in [1.165, 1.54) is 159 Å². The normalized spacial score (nSPS) is 15.9. The molecule has 0 spiro atoms. The lowest BCUT2D eigenvalue weighted by atomic mass is 9.97. The Morgan fingerprint density at radius 2 is 0.945 bits per heavy atom. The Bertz CT molecular complexity index is 5580. The fourth-order valence-corrected chi connectivity index (χ4v) is 19.0. The van der Waals surface area contributed by atoms with Crippen molar-refractivity contribution in [3.8, 4) is 11.5 Å². The van der Waals surface area contributed by atoms with Crippen molar-refractivity contribution in [2.24, 2.45) is 0 Å². The Labute approximate surface area is 640 Å². The number of likely N-dealkylation sites (tertiary alicyclic amines) is 1. The standard InChI is InChI=1S/C25H28N2O.2C24H26N2O.C22H26N2O3/c1-16-6-8-21-20(16)9-11-24-25(21)22-15-18(17(2)28)7-10-23(22)27(24)14-12-19-5-4-13-26(19)3;1-14(2)25-12-13-26-20-9-6-16-15(3)4-5-18(16)23(20)24-19-8-11-22(27)17(19)7-10-21(24)26;1-3-25-13-4-14-26-20-10-7-16-15(2)5-6-18(16)23(20)24-19-9-12-22(27)17(19)8-11-21(24)26;1-13(2)15-9-17-18-10-16(14(3)25)22(27)12-20(18)24(8-6-7-23(4)5)19(17)11-21(15)26/h7,9-11,15,19H,1,4-6,8,12-14H2,2-3H3;6-7,9-10,14,25H,3-5,8,11-13H2,1-2H3;7-8,10-11,25H,2-6,9,12-14H2,1H3;9-12,26-27H,1,6-8H2,2-5H3. The molecule has 109 heavy (non-hydrogen) atoms. The maximum atomic E-state index is 12.4. The fraction of sp³-hybridized carbons (Fsp3) is 0.368. The number of phenolic OH excluding ortho intramolecular Hbond substituents is 2. The summed E-state index contributed by atoms with van der Waals surface area (Å²) >= 11 is 0. The number of allylic oxidation sites excluding steroid dienone is 4. The number of carbonyl (C=O) groups excluding carboxylic acids is 4. The number of hydrogen-bond donors (Lipinski definition) is 4. The molecule has 5 heterocycles. The third-order valence-electron chi connectivity index (χ3n) is 24.5. The van der Waals surface area contributed by atoms with E-state index in [4.69, 9.17) is 0 Å². The number of ketones is 4. The highest BCUT2D eigenvalue weighted by Gasteiger charge is 2.32. The number of fused-ring (bicyclic) bond motifs is 22. The highest BCUT2D eigenvalue weighted by Crippen LogP contribution is 2.48. The van der Waals surface area contributed by atoms with Crippen LogP contribution in [0.25, 0.3) is 110 Å². The summed E-state index contributed by atoms with van der Waals surface area (Å²) in [4.78, 5) is 53.3. The highest BCUT2D eigenvalue weighted by atomic mass is 16.3. The van der Waals surface area contributed by atoms with Crippen molar-refractivity contribution in [1.82, 2.24) is 38.7 Å². The van der Waals surface area contributed by atoms with Crippen molar-refractivity contribution in [2.45, 2.75) is 176 Å². The first kappa shape index (κ1) is 74.5. The maximum Gasteiger partial charge on any atom is 0.163 e. The minimum Gasteiger partial charge on any atom is -0.507 e. The van der Waals surface area contributed by atoms with Gasteiger partial charge in [-0.25, -0.2) is 0 Å². The molecule has 14 heteroatoms. The van der Waals surface area contributed by atoms with Crippen molar-refractivity contribution in [3.63, 3.8) is 0 Å². The SMILES string of the molecule is C=C(C)c1cc2c3cc(C(C)=O)c(O)cc3n(CCCN(C)C)c2cc1O.C=C1CCc2c1ccc1c2c2c3c(ccc2n1CCCNCC)C(=O)CC3.C=C1CCc2c1ccc1c2c2c3c(ccc2n1CCNC(C)C)C(=O)CC3.C=C1CCc2c1ccc1c2c2cc(C(C)=O)ccc2n1CCC1CCCN1C. The molecule has 4 aromatic heterocycles. The van der Waals surface area contributed by atoms with E-state index in [9.17, 15) is 29.4 Å². The van der Waals surface area contributed by atoms with Crippen LogP contribution in [-0.4, -0.2) is 127 Å². The minimum absolute atomic E-state index is 0.0176. The van der Waals surface area contributed by atoms with Gasteiger partial charge in [0, 0.05) is 168 Å². The van der Waals surface area contributed by atoms with Gasteiger partial charge in [-0.05, 0) is 291 Å². The van der Waals surface area contributed by atoms with Gasteiger partial charge in [0.2, 0.25) is 0 Å². The van der Waals surface area contributed by atoms with Gasteiger partial charge in [-0.3, -0.25) is 19.2 Å².